The Hall–Kier alpha value is -0.610. The smallest absolute Gasteiger partial charge is 0.233 e. The molecule has 4 nitrogen and oxygen atoms in total. The predicted molar refractivity (Wildman–Crippen MR) is 56.9 cm³/mol. The van der Waals surface area contributed by atoms with E-state index in [0.29, 0.717) is 18.6 Å². The van der Waals surface area contributed by atoms with E-state index in [0.717, 1.165) is 32.2 Å². The number of nitrogens with one attached hydrogen (secondary N) is 2. The highest BCUT2D eigenvalue weighted by atomic mass is 16.1. The van der Waals surface area contributed by atoms with E-state index in [4.69, 9.17) is 5.73 Å². The fourth-order valence-corrected chi connectivity index (χ4v) is 1.77. The number of amides is 1. The summed E-state index contributed by atoms with van der Waals surface area (Å²) in [5, 5.41) is 6.06. The molecule has 4 N–H and O–H groups in total. The molecule has 1 amide bonds. The van der Waals surface area contributed by atoms with Crippen LogP contribution in [0.2, 0.25) is 0 Å². The molecule has 1 saturated carbocycles. The molecule has 0 radical (unpaired) electrons. The van der Waals surface area contributed by atoms with Crippen LogP contribution in [0, 0.1) is 0 Å². The second-order valence-corrected chi connectivity index (χ2v) is 4.00. The first-order valence-electron chi connectivity index (χ1n) is 5.48. The number of carbonyl (C=O) groups excluding carboxylic acids is 1. The lowest BCUT2D eigenvalue weighted by Crippen LogP contribution is -2.38. The molecule has 0 saturated heterocycles. The maximum absolute atomic E-state index is 11.2. The van der Waals surface area contributed by atoms with E-state index in [1.54, 1.807) is 0 Å². The molecule has 0 aromatic rings. The molecular formula is C10H21N3O. The van der Waals surface area contributed by atoms with Gasteiger partial charge < -0.3 is 16.4 Å². The first-order valence-corrected chi connectivity index (χ1v) is 5.48. The van der Waals surface area contributed by atoms with Crippen molar-refractivity contribution in [3.8, 4) is 0 Å². The molecule has 0 spiro atoms. The summed E-state index contributed by atoms with van der Waals surface area (Å²) in [7, 11) is 0. The van der Waals surface area contributed by atoms with Crippen LogP contribution < -0.4 is 16.4 Å². The molecule has 2 unspecified atom stereocenters. The zero-order chi connectivity index (χ0) is 10.4. The van der Waals surface area contributed by atoms with E-state index in [2.05, 4.69) is 10.6 Å². The van der Waals surface area contributed by atoms with Gasteiger partial charge in [0.1, 0.15) is 0 Å². The van der Waals surface area contributed by atoms with E-state index >= 15 is 0 Å². The van der Waals surface area contributed by atoms with Crippen LogP contribution in [0.25, 0.3) is 0 Å². The van der Waals surface area contributed by atoms with Gasteiger partial charge in [-0.15, -0.1) is 0 Å². The summed E-state index contributed by atoms with van der Waals surface area (Å²) >= 11 is 0. The summed E-state index contributed by atoms with van der Waals surface area (Å²) < 4.78 is 0. The summed E-state index contributed by atoms with van der Waals surface area (Å²) in [6, 6.07) is 0.767. The Kier molecular flexibility index (Phi) is 4.90. The van der Waals surface area contributed by atoms with E-state index in [1.807, 2.05) is 6.92 Å². The van der Waals surface area contributed by atoms with E-state index < -0.39 is 0 Å². The lowest BCUT2D eigenvalue weighted by atomic mass is 10.2. The lowest BCUT2D eigenvalue weighted by Gasteiger charge is -2.11. The zero-order valence-corrected chi connectivity index (χ0v) is 8.88. The Bertz CT molecular complexity index is 184. The topological polar surface area (TPSA) is 67.2 Å². The molecule has 14 heavy (non-hydrogen) atoms. The fourth-order valence-electron chi connectivity index (χ4n) is 1.77. The number of carbonyl (C=O) groups is 1. The first-order chi connectivity index (χ1) is 6.72. The van der Waals surface area contributed by atoms with Crippen molar-refractivity contribution in [3.05, 3.63) is 0 Å². The summed E-state index contributed by atoms with van der Waals surface area (Å²) in [4.78, 5) is 11.2. The Morgan fingerprint density at radius 3 is 2.86 bits per heavy atom. The highest BCUT2D eigenvalue weighted by molar-refractivity contribution is 5.77. The SMILES string of the molecule is CCCNC(=O)CNC1CCC(N)C1. The average molecular weight is 199 g/mol. The van der Waals surface area contributed by atoms with Crippen LogP contribution >= 0.6 is 0 Å². The summed E-state index contributed by atoms with van der Waals surface area (Å²) in [5.41, 5.74) is 5.77. The molecule has 1 fully saturated rings. The fraction of sp³-hybridized carbons (Fsp3) is 0.900. The number of hydrogen-bond donors (Lipinski definition) is 3. The molecule has 0 bridgehead atoms. The third-order valence-corrected chi connectivity index (χ3v) is 2.60. The highest BCUT2D eigenvalue weighted by Gasteiger charge is 2.21. The van der Waals surface area contributed by atoms with Crippen molar-refractivity contribution >= 4 is 5.91 Å². The minimum Gasteiger partial charge on any atom is -0.355 e. The van der Waals surface area contributed by atoms with Crippen molar-refractivity contribution in [2.75, 3.05) is 13.1 Å². The van der Waals surface area contributed by atoms with Crippen LogP contribution in [0.4, 0.5) is 0 Å². The second kappa shape index (κ2) is 5.98. The van der Waals surface area contributed by atoms with Gasteiger partial charge in [-0.1, -0.05) is 6.92 Å². The number of hydrogen-bond acceptors (Lipinski definition) is 3. The molecule has 1 aliphatic rings. The van der Waals surface area contributed by atoms with Crippen LogP contribution in [0.3, 0.4) is 0 Å². The molecule has 0 aromatic heterocycles. The maximum atomic E-state index is 11.2. The molecule has 0 aromatic carbocycles. The Morgan fingerprint density at radius 2 is 2.29 bits per heavy atom. The monoisotopic (exact) mass is 199 g/mol. The van der Waals surface area contributed by atoms with Gasteiger partial charge in [-0.25, -0.2) is 0 Å². The number of rotatable bonds is 5. The predicted octanol–water partition coefficient (Wildman–Crippen LogP) is -0.0180. The summed E-state index contributed by atoms with van der Waals surface area (Å²) in [6.45, 7) is 3.24. The Labute approximate surface area is 85.6 Å². The maximum Gasteiger partial charge on any atom is 0.233 e. The largest absolute Gasteiger partial charge is 0.355 e. The summed E-state index contributed by atoms with van der Waals surface area (Å²) in [5.74, 6) is 0.0901. The van der Waals surface area contributed by atoms with Gasteiger partial charge >= 0.3 is 0 Å². The van der Waals surface area contributed by atoms with Gasteiger partial charge in [-0.05, 0) is 25.7 Å². The van der Waals surface area contributed by atoms with Crippen molar-refractivity contribution in [2.45, 2.75) is 44.7 Å². The number of nitrogens with two attached hydrogens (primary N) is 1. The minimum atomic E-state index is 0.0901. The van der Waals surface area contributed by atoms with E-state index in [9.17, 15) is 4.79 Å². The van der Waals surface area contributed by atoms with Gasteiger partial charge in [-0.2, -0.15) is 0 Å². The van der Waals surface area contributed by atoms with Gasteiger partial charge in [0.05, 0.1) is 6.54 Å². The van der Waals surface area contributed by atoms with Gasteiger partial charge in [0.15, 0.2) is 0 Å². The Balaban J connectivity index is 2.05. The molecule has 2 atom stereocenters. The van der Waals surface area contributed by atoms with Crippen LogP contribution in [0.5, 0.6) is 0 Å². The lowest BCUT2D eigenvalue weighted by molar-refractivity contribution is -0.120. The molecule has 1 aliphatic carbocycles. The molecule has 4 heteroatoms. The molecule has 0 aliphatic heterocycles. The molecule has 0 heterocycles. The van der Waals surface area contributed by atoms with Crippen LogP contribution in [0.15, 0.2) is 0 Å². The van der Waals surface area contributed by atoms with Crippen molar-refractivity contribution in [1.29, 1.82) is 0 Å². The summed E-state index contributed by atoms with van der Waals surface area (Å²) in [6.07, 6.45) is 4.16. The van der Waals surface area contributed by atoms with Gasteiger partial charge in [0, 0.05) is 18.6 Å². The third kappa shape index (κ3) is 4.07. The quantitative estimate of drug-likeness (QED) is 0.583. The first kappa shape index (κ1) is 11.5. The van der Waals surface area contributed by atoms with Crippen LogP contribution in [-0.2, 0) is 4.79 Å². The van der Waals surface area contributed by atoms with Gasteiger partial charge in [0.2, 0.25) is 5.91 Å². The minimum absolute atomic E-state index is 0.0901. The van der Waals surface area contributed by atoms with Crippen molar-refractivity contribution in [1.82, 2.24) is 10.6 Å². The van der Waals surface area contributed by atoms with Gasteiger partial charge in [0.25, 0.3) is 0 Å². The van der Waals surface area contributed by atoms with Crippen LogP contribution in [-0.4, -0.2) is 31.1 Å². The van der Waals surface area contributed by atoms with E-state index in [-0.39, 0.29) is 5.91 Å². The Morgan fingerprint density at radius 1 is 1.50 bits per heavy atom. The van der Waals surface area contributed by atoms with Crippen LogP contribution in [0.1, 0.15) is 32.6 Å². The van der Waals surface area contributed by atoms with Crippen molar-refractivity contribution in [2.24, 2.45) is 5.73 Å². The normalized spacial score (nSPS) is 26.4. The zero-order valence-electron chi connectivity index (χ0n) is 8.88. The van der Waals surface area contributed by atoms with Crippen molar-refractivity contribution in [3.63, 3.8) is 0 Å². The van der Waals surface area contributed by atoms with E-state index in [1.165, 1.54) is 0 Å². The average Bonchev–Trinajstić information content (AvgIpc) is 2.58. The van der Waals surface area contributed by atoms with Crippen molar-refractivity contribution < 1.29 is 4.79 Å². The molecule has 1 rings (SSSR count). The third-order valence-electron chi connectivity index (χ3n) is 2.60. The standard InChI is InChI=1S/C10H21N3O/c1-2-5-12-10(14)7-13-9-4-3-8(11)6-9/h8-9,13H,2-7,11H2,1H3,(H,12,14). The highest BCUT2D eigenvalue weighted by Crippen LogP contribution is 2.16. The van der Waals surface area contributed by atoms with Gasteiger partial charge in [-0.3, -0.25) is 4.79 Å². The second-order valence-electron chi connectivity index (χ2n) is 4.00. The molecule has 82 valence electrons. The molecular weight excluding hydrogens is 178 g/mol.